The molecule has 0 radical (unpaired) electrons. The summed E-state index contributed by atoms with van der Waals surface area (Å²) >= 11 is 9.79. The van der Waals surface area contributed by atoms with Crippen molar-refractivity contribution in [3.63, 3.8) is 0 Å². The minimum Gasteiger partial charge on any atom is -0.382 e. The molecule has 6 heteroatoms. The Hall–Kier alpha value is -0.880. The number of pyridine rings is 1. The van der Waals surface area contributed by atoms with Gasteiger partial charge in [-0.25, -0.2) is 4.98 Å². The number of hydrogen-bond donors (Lipinski definition) is 0. The van der Waals surface area contributed by atoms with Crippen molar-refractivity contribution in [1.82, 2.24) is 4.98 Å². The van der Waals surface area contributed by atoms with Crippen LogP contribution < -0.4 is 4.90 Å². The van der Waals surface area contributed by atoms with E-state index in [-0.39, 0.29) is 0 Å². The van der Waals surface area contributed by atoms with E-state index in [1.165, 1.54) is 0 Å². The van der Waals surface area contributed by atoms with Gasteiger partial charge in [0.05, 0.1) is 29.9 Å². The highest BCUT2D eigenvalue weighted by molar-refractivity contribution is 9.10. The van der Waals surface area contributed by atoms with Crippen molar-refractivity contribution < 1.29 is 9.47 Å². The summed E-state index contributed by atoms with van der Waals surface area (Å²) in [7, 11) is 1.70. The van der Waals surface area contributed by atoms with Gasteiger partial charge in [0.25, 0.3) is 0 Å². The molecule has 1 aliphatic heterocycles. The molecule has 1 fully saturated rings. The number of piperidine rings is 1. The largest absolute Gasteiger partial charge is 0.382 e. The summed E-state index contributed by atoms with van der Waals surface area (Å²) in [6, 6.07) is 8.07. The Bertz CT molecular complexity index is 675. The minimum absolute atomic E-state index is 0.321. The van der Waals surface area contributed by atoms with Crippen molar-refractivity contribution in [3.05, 3.63) is 33.8 Å². The molecule has 0 aliphatic carbocycles. The second-order valence-electron chi connectivity index (χ2n) is 5.68. The van der Waals surface area contributed by atoms with Gasteiger partial charge in [0.2, 0.25) is 0 Å². The summed E-state index contributed by atoms with van der Waals surface area (Å²) in [5.41, 5.74) is 0.853. The SMILES string of the molecule is COCCOC1CCN(c2ccc3cc(Br)cc(Cl)c3n2)CC1. The fraction of sp³-hybridized carbons (Fsp3) is 0.471. The van der Waals surface area contributed by atoms with Gasteiger partial charge in [-0.2, -0.15) is 0 Å². The molecule has 0 unspecified atom stereocenters. The number of nitrogens with zero attached hydrogens (tertiary/aromatic N) is 2. The second-order valence-corrected chi connectivity index (χ2v) is 7.00. The highest BCUT2D eigenvalue weighted by Gasteiger charge is 2.21. The van der Waals surface area contributed by atoms with E-state index >= 15 is 0 Å². The molecule has 3 rings (SSSR count). The lowest BCUT2D eigenvalue weighted by Crippen LogP contribution is -2.37. The minimum atomic E-state index is 0.321. The number of aromatic nitrogens is 1. The predicted molar refractivity (Wildman–Crippen MR) is 97.5 cm³/mol. The molecular formula is C17H20BrClN2O2. The van der Waals surface area contributed by atoms with Gasteiger partial charge in [-0.1, -0.05) is 27.5 Å². The molecule has 124 valence electrons. The lowest BCUT2D eigenvalue weighted by Gasteiger charge is -2.32. The van der Waals surface area contributed by atoms with Crippen molar-refractivity contribution in [1.29, 1.82) is 0 Å². The van der Waals surface area contributed by atoms with Crippen LogP contribution in [0.1, 0.15) is 12.8 Å². The molecule has 1 aromatic carbocycles. The number of fused-ring (bicyclic) bond motifs is 1. The van der Waals surface area contributed by atoms with Crippen LogP contribution in [0, 0.1) is 0 Å². The van der Waals surface area contributed by atoms with Crippen molar-refractivity contribution in [2.24, 2.45) is 0 Å². The number of anilines is 1. The van der Waals surface area contributed by atoms with Crippen LogP contribution in [0.4, 0.5) is 5.82 Å². The summed E-state index contributed by atoms with van der Waals surface area (Å²) in [5, 5.41) is 1.72. The number of halogens is 2. The van der Waals surface area contributed by atoms with E-state index in [9.17, 15) is 0 Å². The molecule has 1 aliphatic rings. The molecule has 1 aromatic heterocycles. The quantitative estimate of drug-likeness (QED) is 0.703. The summed E-state index contributed by atoms with van der Waals surface area (Å²) in [5.74, 6) is 0.983. The van der Waals surface area contributed by atoms with Crippen LogP contribution >= 0.6 is 27.5 Å². The lowest BCUT2D eigenvalue weighted by atomic mass is 10.1. The molecule has 23 heavy (non-hydrogen) atoms. The van der Waals surface area contributed by atoms with E-state index in [2.05, 4.69) is 33.0 Å². The Morgan fingerprint density at radius 2 is 2.04 bits per heavy atom. The monoisotopic (exact) mass is 398 g/mol. The van der Waals surface area contributed by atoms with Crippen LogP contribution in [0.25, 0.3) is 10.9 Å². The molecule has 0 bridgehead atoms. The summed E-state index contributed by atoms with van der Waals surface area (Å²) < 4.78 is 11.8. The van der Waals surface area contributed by atoms with Crippen molar-refractivity contribution in [3.8, 4) is 0 Å². The first-order chi connectivity index (χ1) is 11.2. The van der Waals surface area contributed by atoms with Crippen LogP contribution in [-0.4, -0.2) is 44.5 Å². The molecule has 0 amide bonds. The van der Waals surface area contributed by atoms with Gasteiger partial charge in [-0.05, 0) is 37.1 Å². The molecule has 0 saturated carbocycles. The van der Waals surface area contributed by atoms with Crippen LogP contribution in [0.2, 0.25) is 5.02 Å². The Labute approximate surface area is 149 Å². The zero-order valence-corrected chi connectivity index (χ0v) is 15.4. The van der Waals surface area contributed by atoms with Crippen LogP contribution in [0.3, 0.4) is 0 Å². The number of benzene rings is 1. The van der Waals surface area contributed by atoms with Gasteiger partial charge in [0.1, 0.15) is 5.82 Å². The third kappa shape index (κ3) is 4.15. The van der Waals surface area contributed by atoms with E-state index in [1.54, 1.807) is 7.11 Å². The Morgan fingerprint density at radius 3 is 2.78 bits per heavy atom. The first kappa shape index (κ1) is 17.0. The van der Waals surface area contributed by atoms with E-state index in [1.807, 2.05) is 12.1 Å². The summed E-state index contributed by atoms with van der Waals surface area (Å²) in [6.07, 6.45) is 2.34. The Morgan fingerprint density at radius 1 is 1.26 bits per heavy atom. The fourth-order valence-electron chi connectivity index (χ4n) is 2.87. The van der Waals surface area contributed by atoms with Crippen LogP contribution in [0.5, 0.6) is 0 Å². The normalized spacial score (nSPS) is 16.2. The average Bonchev–Trinajstić information content (AvgIpc) is 2.55. The zero-order chi connectivity index (χ0) is 16.2. The van der Waals surface area contributed by atoms with E-state index in [4.69, 9.17) is 26.1 Å². The maximum atomic E-state index is 6.32. The van der Waals surface area contributed by atoms with Gasteiger partial charge in [-0.15, -0.1) is 0 Å². The number of ether oxygens (including phenoxy) is 2. The van der Waals surface area contributed by atoms with Gasteiger partial charge in [-0.3, -0.25) is 0 Å². The smallest absolute Gasteiger partial charge is 0.129 e. The summed E-state index contributed by atoms with van der Waals surface area (Å²) in [6.45, 7) is 3.22. The van der Waals surface area contributed by atoms with Crippen molar-refractivity contribution >= 4 is 44.3 Å². The molecule has 2 heterocycles. The van der Waals surface area contributed by atoms with Gasteiger partial charge in [0, 0.05) is 30.1 Å². The zero-order valence-electron chi connectivity index (χ0n) is 13.1. The lowest BCUT2D eigenvalue weighted by molar-refractivity contribution is 0.00605. The summed E-state index contributed by atoms with van der Waals surface area (Å²) in [4.78, 5) is 7.05. The maximum absolute atomic E-state index is 6.32. The fourth-order valence-corrected chi connectivity index (χ4v) is 3.75. The number of hydrogen-bond acceptors (Lipinski definition) is 4. The molecule has 4 nitrogen and oxygen atoms in total. The van der Waals surface area contributed by atoms with Crippen LogP contribution in [0.15, 0.2) is 28.7 Å². The topological polar surface area (TPSA) is 34.6 Å². The third-order valence-corrected chi connectivity index (χ3v) is 4.85. The number of methoxy groups -OCH3 is 1. The molecule has 0 spiro atoms. The van der Waals surface area contributed by atoms with Crippen molar-refractivity contribution in [2.75, 3.05) is 38.3 Å². The molecule has 1 saturated heterocycles. The second kappa shape index (κ2) is 7.79. The third-order valence-electron chi connectivity index (χ3n) is 4.10. The molecular weight excluding hydrogens is 380 g/mol. The van der Waals surface area contributed by atoms with E-state index in [0.29, 0.717) is 24.3 Å². The Balaban J connectivity index is 1.68. The van der Waals surface area contributed by atoms with E-state index < -0.39 is 0 Å². The van der Waals surface area contributed by atoms with Crippen molar-refractivity contribution in [2.45, 2.75) is 18.9 Å². The van der Waals surface area contributed by atoms with Crippen LogP contribution in [-0.2, 0) is 9.47 Å². The van der Waals surface area contributed by atoms with Gasteiger partial charge < -0.3 is 14.4 Å². The Kier molecular flexibility index (Phi) is 5.75. The first-order valence-corrected chi connectivity index (χ1v) is 8.96. The highest BCUT2D eigenvalue weighted by Crippen LogP contribution is 2.29. The van der Waals surface area contributed by atoms with Gasteiger partial charge in [0.15, 0.2) is 0 Å². The average molecular weight is 400 g/mol. The van der Waals surface area contributed by atoms with Gasteiger partial charge >= 0.3 is 0 Å². The standard InChI is InChI=1S/C17H20BrClN2O2/c1-22-8-9-23-14-4-6-21(7-5-14)16-3-2-12-10-13(18)11-15(19)17(12)20-16/h2-3,10-11,14H,4-9H2,1H3. The van der Waals surface area contributed by atoms with E-state index in [0.717, 1.165) is 47.1 Å². The molecule has 0 N–H and O–H groups in total. The first-order valence-electron chi connectivity index (χ1n) is 7.78. The highest BCUT2D eigenvalue weighted by atomic mass is 79.9. The maximum Gasteiger partial charge on any atom is 0.129 e. The predicted octanol–water partition coefficient (Wildman–Crippen LogP) is 4.28. The molecule has 2 aromatic rings. The molecule has 0 atom stereocenters. The number of rotatable bonds is 5.